The summed E-state index contributed by atoms with van der Waals surface area (Å²) in [5.41, 5.74) is 2.53. The number of aromatic nitrogens is 2. The Bertz CT molecular complexity index is 1090. The SMILES string of the molecule is COc1ccc(OC)c(CNC(=O)C2CCCN(c3ncc(-c4ccc(F)cc4)cn3)C2)c1. The first kappa shape index (κ1) is 22.5. The minimum atomic E-state index is -0.279. The molecule has 3 aromatic rings. The first-order chi connectivity index (χ1) is 16.1. The van der Waals surface area contributed by atoms with Gasteiger partial charge >= 0.3 is 0 Å². The van der Waals surface area contributed by atoms with E-state index in [1.165, 1.54) is 12.1 Å². The molecule has 0 spiro atoms. The Labute approximate surface area is 192 Å². The van der Waals surface area contributed by atoms with Crippen LogP contribution in [0.2, 0.25) is 0 Å². The van der Waals surface area contributed by atoms with Crippen molar-refractivity contribution in [3.8, 4) is 22.6 Å². The Hall–Kier alpha value is -3.68. The van der Waals surface area contributed by atoms with Gasteiger partial charge in [-0.3, -0.25) is 4.79 Å². The van der Waals surface area contributed by atoms with Crippen molar-refractivity contribution in [2.24, 2.45) is 5.92 Å². The number of halogens is 1. The normalized spacial score (nSPS) is 15.7. The van der Waals surface area contributed by atoms with Gasteiger partial charge in [-0.1, -0.05) is 12.1 Å². The Morgan fingerprint density at radius 2 is 1.85 bits per heavy atom. The van der Waals surface area contributed by atoms with Crippen LogP contribution in [0.3, 0.4) is 0 Å². The summed E-state index contributed by atoms with van der Waals surface area (Å²) in [6, 6.07) is 11.7. The van der Waals surface area contributed by atoms with Crippen LogP contribution in [0.1, 0.15) is 18.4 Å². The maximum atomic E-state index is 13.2. The van der Waals surface area contributed by atoms with Gasteiger partial charge in [0, 0.05) is 43.2 Å². The third-order valence-electron chi connectivity index (χ3n) is 5.83. The number of carbonyl (C=O) groups is 1. The molecule has 1 atom stereocenters. The van der Waals surface area contributed by atoms with Crippen LogP contribution in [-0.4, -0.2) is 43.2 Å². The molecule has 0 bridgehead atoms. The van der Waals surface area contributed by atoms with Crippen LogP contribution >= 0.6 is 0 Å². The average molecular weight is 451 g/mol. The maximum Gasteiger partial charge on any atom is 0.225 e. The summed E-state index contributed by atoms with van der Waals surface area (Å²) in [4.78, 5) is 23.9. The highest BCUT2D eigenvalue weighted by Gasteiger charge is 2.27. The van der Waals surface area contributed by atoms with Crippen molar-refractivity contribution in [2.75, 3.05) is 32.2 Å². The lowest BCUT2D eigenvalue weighted by atomic mass is 9.97. The quantitative estimate of drug-likeness (QED) is 0.590. The number of anilines is 1. The van der Waals surface area contributed by atoms with Crippen molar-refractivity contribution in [1.82, 2.24) is 15.3 Å². The van der Waals surface area contributed by atoms with Crippen LogP contribution in [0.4, 0.5) is 10.3 Å². The summed E-state index contributed by atoms with van der Waals surface area (Å²) in [6.07, 6.45) is 5.15. The molecule has 1 unspecified atom stereocenters. The molecular weight excluding hydrogens is 423 g/mol. The molecule has 2 aromatic carbocycles. The van der Waals surface area contributed by atoms with Crippen LogP contribution in [0.25, 0.3) is 11.1 Å². The number of ether oxygens (including phenoxy) is 2. The fourth-order valence-corrected chi connectivity index (χ4v) is 4.00. The molecule has 7 nitrogen and oxygen atoms in total. The van der Waals surface area contributed by atoms with Gasteiger partial charge in [-0.2, -0.15) is 0 Å². The number of hydrogen-bond donors (Lipinski definition) is 1. The highest BCUT2D eigenvalue weighted by Crippen LogP contribution is 2.25. The zero-order valence-electron chi connectivity index (χ0n) is 18.8. The van der Waals surface area contributed by atoms with E-state index in [-0.39, 0.29) is 17.6 Å². The lowest BCUT2D eigenvalue weighted by Crippen LogP contribution is -2.43. The standard InChI is InChI=1S/C25H27FN4O3/c1-32-22-9-10-23(33-2)19(12-22)13-27-24(31)18-4-3-11-30(16-18)25-28-14-20(15-29-25)17-5-7-21(26)8-6-17/h5-10,12,14-15,18H,3-4,11,13,16H2,1-2H3,(H,27,31). The van der Waals surface area contributed by atoms with Crippen LogP contribution in [0.15, 0.2) is 54.9 Å². The first-order valence-electron chi connectivity index (χ1n) is 10.9. The van der Waals surface area contributed by atoms with Crippen molar-refractivity contribution in [1.29, 1.82) is 0 Å². The van der Waals surface area contributed by atoms with Gasteiger partial charge in [0.1, 0.15) is 17.3 Å². The second-order valence-corrected chi connectivity index (χ2v) is 7.96. The number of rotatable bonds is 7. The van der Waals surface area contributed by atoms with Gasteiger partial charge in [0.05, 0.1) is 20.1 Å². The highest BCUT2D eigenvalue weighted by atomic mass is 19.1. The maximum absolute atomic E-state index is 13.2. The first-order valence-corrected chi connectivity index (χ1v) is 10.9. The summed E-state index contributed by atoms with van der Waals surface area (Å²) in [6.45, 7) is 1.71. The van der Waals surface area contributed by atoms with Crippen molar-refractivity contribution >= 4 is 11.9 Å². The zero-order chi connectivity index (χ0) is 23.2. The monoisotopic (exact) mass is 450 g/mol. The van der Waals surface area contributed by atoms with Crippen LogP contribution < -0.4 is 19.7 Å². The second kappa shape index (κ2) is 10.3. The smallest absolute Gasteiger partial charge is 0.225 e. The van der Waals surface area contributed by atoms with E-state index in [1.54, 1.807) is 38.7 Å². The number of carbonyl (C=O) groups excluding carboxylic acids is 1. The predicted molar refractivity (Wildman–Crippen MR) is 124 cm³/mol. The second-order valence-electron chi connectivity index (χ2n) is 7.96. The summed E-state index contributed by atoms with van der Waals surface area (Å²) in [5, 5.41) is 3.03. The van der Waals surface area contributed by atoms with E-state index >= 15 is 0 Å². The Morgan fingerprint density at radius 3 is 2.55 bits per heavy atom. The molecule has 0 aliphatic carbocycles. The minimum Gasteiger partial charge on any atom is -0.497 e. The van der Waals surface area contributed by atoms with Crippen molar-refractivity contribution < 1.29 is 18.7 Å². The van der Waals surface area contributed by atoms with Gasteiger partial charge < -0.3 is 19.7 Å². The van der Waals surface area contributed by atoms with Crippen LogP contribution in [0.5, 0.6) is 11.5 Å². The number of hydrogen-bond acceptors (Lipinski definition) is 6. The molecule has 0 radical (unpaired) electrons. The summed E-state index contributed by atoms with van der Waals surface area (Å²) < 4.78 is 23.8. The van der Waals surface area contributed by atoms with Gasteiger partial charge in [0.2, 0.25) is 11.9 Å². The van der Waals surface area contributed by atoms with E-state index in [9.17, 15) is 9.18 Å². The van der Waals surface area contributed by atoms with E-state index in [0.717, 1.165) is 36.1 Å². The number of methoxy groups -OCH3 is 2. The number of benzene rings is 2. The Balaban J connectivity index is 1.38. The van der Waals surface area contributed by atoms with Gasteiger partial charge in [-0.25, -0.2) is 14.4 Å². The van der Waals surface area contributed by atoms with Crippen LogP contribution in [-0.2, 0) is 11.3 Å². The lowest BCUT2D eigenvalue weighted by molar-refractivity contribution is -0.125. The molecular formula is C25H27FN4O3. The van der Waals surface area contributed by atoms with E-state index in [0.29, 0.717) is 30.5 Å². The molecule has 1 saturated heterocycles. The fourth-order valence-electron chi connectivity index (χ4n) is 4.00. The van der Waals surface area contributed by atoms with E-state index in [4.69, 9.17) is 9.47 Å². The number of piperidine rings is 1. The average Bonchev–Trinajstić information content (AvgIpc) is 2.87. The summed E-state index contributed by atoms with van der Waals surface area (Å²) >= 11 is 0. The number of nitrogens with zero attached hydrogens (tertiary/aromatic N) is 3. The molecule has 4 rings (SSSR count). The molecule has 1 aliphatic rings. The third-order valence-corrected chi connectivity index (χ3v) is 5.83. The molecule has 1 aliphatic heterocycles. The highest BCUT2D eigenvalue weighted by molar-refractivity contribution is 5.79. The van der Waals surface area contributed by atoms with Crippen LogP contribution in [0, 0.1) is 11.7 Å². The van der Waals surface area contributed by atoms with Crippen molar-refractivity contribution in [3.05, 3.63) is 66.2 Å². The zero-order valence-corrected chi connectivity index (χ0v) is 18.8. The predicted octanol–water partition coefficient (Wildman–Crippen LogP) is 3.83. The Kier molecular flexibility index (Phi) is 7.02. The molecule has 1 fully saturated rings. The molecule has 172 valence electrons. The van der Waals surface area contributed by atoms with Crippen molar-refractivity contribution in [3.63, 3.8) is 0 Å². The van der Waals surface area contributed by atoms with Gasteiger partial charge in [-0.15, -0.1) is 0 Å². The van der Waals surface area contributed by atoms with Crippen molar-refractivity contribution in [2.45, 2.75) is 19.4 Å². The molecule has 8 heteroatoms. The molecule has 1 aromatic heterocycles. The largest absolute Gasteiger partial charge is 0.497 e. The number of amides is 1. The molecule has 33 heavy (non-hydrogen) atoms. The molecule has 0 saturated carbocycles. The third kappa shape index (κ3) is 5.39. The molecule has 2 heterocycles. The summed E-state index contributed by atoms with van der Waals surface area (Å²) in [7, 11) is 3.21. The van der Waals surface area contributed by atoms with Gasteiger partial charge in [0.15, 0.2) is 0 Å². The van der Waals surface area contributed by atoms with Gasteiger partial charge in [-0.05, 0) is 48.7 Å². The Morgan fingerprint density at radius 1 is 1.09 bits per heavy atom. The molecule has 1 N–H and O–H groups in total. The van der Waals surface area contributed by atoms with E-state index < -0.39 is 0 Å². The summed E-state index contributed by atoms with van der Waals surface area (Å²) in [5.74, 6) is 1.57. The van der Waals surface area contributed by atoms with Gasteiger partial charge in [0.25, 0.3) is 0 Å². The molecule has 1 amide bonds. The minimum absolute atomic E-state index is 0.00694. The van der Waals surface area contributed by atoms with E-state index in [1.807, 2.05) is 23.1 Å². The lowest BCUT2D eigenvalue weighted by Gasteiger charge is -2.32. The fraction of sp³-hybridized carbons (Fsp3) is 0.320. The number of nitrogens with one attached hydrogen (secondary N) is 1. The topological polar surface area (TPSA) is 76.6 Å². The van der Waals surface area contributed by atoms with E-state index in [2.05, 4.69) is 15.3 Å².